The van der Waals surface area contributed by atoms with E-state index in [1.807, 2.05) is 35.9 Å². The van der Waals surface area contributed by atoms with Crippen LogP contribution in [0.2, 0.25) is 0 Å². The molecule has 4 nitrogen and oxygen atoms in total. The van der Waals surface area contributed by atoms with E-state index in [1.54, 1.807) is 18.2 Å². The minimum absolute atomic E-state index is 0.149. The van der Waals surface area contributed by atoms with Gasteiger partial charge in [-0.3, -0.25) is 0 Å². The van der Waals surface area contributed by atoms with E-state index in [9.17, 15) is 5.11 Å². The SMILES string of the molecule is Cn1c(COc2ccccc2O)cc2ccc(N)cc21. The molecule has 0 unspecified atom stereocenters. The minimum atomic E-state index is 0.149. The van der Waals surface area contributed by atoms with Gasteiger partial charge in [0.2, 0.25) is 0 Å². The van der Waals surface area contributed by atoms with Crippen molar-refractivity contribution in [3.8, 4) is 11.5 Å². The van der Waals surface area contributed by atoms with Crippen LogP contribution in [0.3, 0.4) is 0 Å². The Kier molecular flexibility index (Phi) is 2.99. The fourth-order valence-corrected chi connectivity index (χ4v) is 2.27. The van der Waals surface area contributed by atoms with Crippen LogP contribution in [-0.4, -0.2) is 9.67 Å². The van der Waals surface area contributed by atoms with Crippen LogP contribution in [0.4, 0.5) is 5.69 Å². The maximum absolute atomic E-state index is 9.69. The van der Waals surface area contributed by atoms with Gasteiger partial charge < -0.3 is 20.1 Å². The van der Waals surface area contributed by atoms with Crippen molar-refractivity contribution in [2.75, 3.05) is 5.73 Å². The predicted molar refractivity (Wildman–Crippen MR) is 79.8 cm³/mol. The van der Waals surface area contributed by atoms with Gasteiger partial charge in [-0.1, -0.05) is 18.2 Å². The number of benzene rings is 2. The van der Waals surface area contributed by atoms with Gasteiger partial charge in [0.05, 0.1) is 11.2 Å². The van der Waals surface area contributed by atoms with Crippen LogP contribution in [0.15, 0.2) is 48.5 Å². The minimum Gasteiger partial charge on any atom is -0.504 e. The number of ether oxygens (including phenoxy) is 1. The molecule has 1 aromatic heterocycles. The van der Waals surface area contributed by atoms with E-state index in [0.717, 1.165) is 22.3 Å². The molecule has 0 saturated carbocycles. The van der Waals surface area contributed by atoms with Crippen LogP contribution in [0, 0.1) is 0 Å². The Hall–Kier alpha value is -2.62. The summed E-state index contributed by atoms with van der Waals surface area (Å²) in [6.07, 6.45) is 0. The number of nitrogen functional groups attached to an aromatic ring is 1. The molecule has 0 radical (unpaired) electrons. The highest BCUT2D eigenvalue weighted by Gasteiger charge is 2.08. The first kappa shape index (κ1) is 12.4. The molecule has 4 heteroatoms. The number of para-hydroxylation sites is 2. The van der Waals surface area contributed by atoms with E-state index in [2.05, 4.69) is 6.07 Å². The molecular weight excluding hydrogens is 252 g/mol. The lowest BCUT2D eigenvalue weighted by molar-refractivity contribution is 0.282. The molecule has 0 aliphatic carbocycles. The molecule has 3 rings (SSSR count). The Labute approximate surface area is 117 Å². The number of aryl methyl sites for hydroxylation is 1. The molecule has 3 aromatic rings. The lowest BCUT2D eigenvalue weighted by Crippen LogP contribution is -2.01. The number of hydrogen-bond acceptors (Lipinski definition) is 3. The fourth-order valence-electron chi connectivity index (χ4n) is 2.27. The number of hydrogen-bond donors (Lipinski definition) is 2. The van der Waals surface area contributed by atoms with E-state index in [0.29, 0.717) is 12.4 Å². The summed E-state index contributed by atoms with van der Waals surface area (Å²) in [6.45, 7) is 0.392. The zero-order valence-corrected chi connectivity index (χ0v) is 11.2. The second-order valence-corrected chi connectivity index (χ2v) is 4.77. The molecule has 0 atom stereocenters. The van der Waals surface area contributed by atoms with Crippen molar-refractivity contribution >= 4 is 16.6 Å². The molecule has 2 aromatic carbocycles. The summed E-state index contributed by atoms with van der Waals surface area (Å²) >= 11 is 0. The smallest absolute Gasteiger partial charge is 0.161 e. The van der Waals surface area contributed by atoms with Crippen LogP contribution in [0.5, 0.6) is 11.5 Å². The van der Waals surface area contributed by atoms with Gasteiger partial charge >= 0.3 is 0 Å². The normalized spacial score (nSPS) is 10.8. The number of aromatic hydroxyl groups is 1. The lowest BCUT2D eigenvalue weighted by Gasteiger charge is -2.08. The molecular formula is C16H16N2O2. The van der Waals surface area contributed by atoms with Gasteiger partial charge in [0, 0.05) is 18.1 Å². The third-order valence-corrected chi connectivity index (χ3v) is 3.41. The average Bonchev–Trinajstić information content (AvgIpc) is 2.75. The average molecular weight is 268 g/mol. The van der Waals surface area contributed by atoms with Crippen molar-refractivity contribution in [1.82, 2.24) is 4.57 Å². The highest BCUT2D eigenvalue weighted by Crippen LogP contribution is 2.27. The summed E-state index contributed by atoms with van der Waals surface area (Å²) in [5.41, 5.74) is 8.64. The molecule has 0 spiro atoms. The van der Waals surface area contributed by atoms with Crippen molar-refractivity contribution in [2.24, 2.45) is 7.05 Å². The van der Waals surface area contributed by atoms with Gasteiger partial charge in [-0.05, 0) is 30.3 Å². The number of fused-ring (bicyclic) bond motifs is 1. The summed E-state index contributed by atoms with van der Waals surface area (Å²) in [5.74, 6) is 0.632. The molecule has 0 amide bonds. The lowest BCUT2D eigenvalue weighted by atomic mass is 10.2. The van der Waals surface area contributed by atoms with E-state index in [4.69, 9.17) is 10.5 Å². The second kappa shape index (κ2) is 4.81. The van der Waals surface area contributed by atoms with E-state index < -0.39 is 0 Å². The van der Waals surface area contributed by atoms with Crippen LogP contribution in [0.25, 0.3) is 10.9 Å². The van der Waals surface area contributed by atoms with E-state index >= 15 is 0 Å². The van der Waals surface area contributed by atoms with Gasteiger partial charge in [0.1, 0.15) is 6.61 Å². The summed E-state index contributed by atoms with van der Waals surface area (Å²) in [4.78, 5) is 0. The molecule has 0 aliphatic rings. The summed E-state index contributed by atoms with van der Waals surface area (Å²) in [7, 11) is 1.98. The topological polar surface area (TPSA) is 60.4 Å². The van der Waals surface area contributed by atoms with Gasteiger partial charge in [-0.2, -0.15) is 0 Å². The summed E-state index contributed by atoms with van der Waals surface area (Å²) < 4.78 is 7.71. The zero-order valence-electron chi connectivity index (χ0n) is 11.2. The maximum Gasteiger partial charge on any atom is 0.161 e. The van der Waals surface area contributed by atoms with Crippen molar-refractivity contribution < 1.29 is 9.84 Å². The van der Waals surface area contributed by atoms with Crippen molar-refractivity contribution in [1.29, 1.82) is 0 Å². The first-order valence-electron chi connectivity index (χ1n) is 6.40. The van der Waals surface area contributed by atoms with Crippen molar-refractivity contribution in [2.45, 2.75) is 6.61 Å². The Morgan fingerprint density at radius 1 is 1.15 bits per heavy atom. The highest BCUT2D eigenvalue weighted by atomic mass is 16.5. The summed E-state index contributed by atoms with van der Waals surface area (Å²) in [6, 6.07) is 14.8. The number of phenols is 1. The number of aromatic nitrogens is 1. The van der Waals surface area contributed by atoms with Crippen molar-refractivity contribution in [3.63, 3.8) is 0 Å². The third kappa shape index (κ3) is 2.16. The number of phenolic OH excluding ortho intramolecular Hbond substituents is 1. The Morgan fingerprint density at radius 2 is 1.95 bits per heavy atom. The van der Waals surface area contributed by atoms with Gasteiger partial charge in [-0.15, -0.1) is 0 Å². The molecule has 20 heavy (non-hydrogen) atoms. The van der Waals surface area contributed by atoms with Crippen LogP contribution in [-0.2, 0) is 13.7 Å². The van der Waals surface area contributed by atoms with Crippen LogP contribution >= 0.6 is 0 Å². The molecule has 0 aliphatic heterocycles. The number of nitrogens with zero attached hydrogens (tertiary/aromatic N) is 1. The largest absolute Gasteiger partial charge is 0.504 e. The van der Waals surface area contributed by atoms with Gasteiger partial charge in [-0.25, -0.2) is 0 Å². The van der Waals surface area contributed by atoms with Crippen molar-refractivity contribution in [3.05, 3.63) is 54.2 Å². The number of nitrogens with two attached hydrogens (primary N) is 1. The van der Waals surface area contributed by atoms with E-state index in [1.165, 1.54) is 0 Å². The molecule has 1 heterocycles. The fraction of sp³-hybridized carbons (Fsp3) is 0.125. The predicted octanol–water partition coefficient (Wildman–Crippen LogP) is 3.05. The highest BCUT2D eigenvalue weighted by molar-refractivity contribution is 5.84. The van der Waals surface area contributed by atoms with Gasteiger partial charge in [0.25, 0.3) is 0 Å². The monoisotopic (exact) mass is 268 g/mol. The molecule has 0 bridgehead atoms. The first-order valence-corrected chi connectivity index (χ1v) is 6.40. The third-order valence-electron chi connectivity index (χ3n) is 3.41. The molecule has 3 N–H and O–H groups in total. The standard InChI is InChI=1S/C16H16N2O2/c1-18-13(8-11-6-7-12(17)9-14(11)18)10-20-16-5-3-2-4-15(16)19/h2-9,19H,10,17H2,1H3. The number of anilines is 1. The Balaban J connectivity index is 1.88. The molecule has 102 valence electrons. The maximum atomic E-state index is 9.69. The van der Waals surface area contributed by atoms with Crippen LogP contribution in [0.1, 0.15) is 5.69 Å². The summed E-state index contributed by atoms with van der Waals surface area (Å²) in [5, 5.41) is 10.8. The Morgan fingerprint density at radius 3 is 2.75 bits per heavy atom. The number of rotatable bonds is 3. The quantitative estimate of drug-likeness (QED) is 0.718. The van der Waals surface area contributed by atoms with Crippen LogP contribution < -0.4 is 10.5 Å². The molecule has 0 fully saturated rings. The van der Waals surface area contributed by atoms with E-state index in [-0.39, 0.29) is 5.75 Å². The second-order valence-electron chi connectivity index (χ2n) is 4.77. The zero-order chi connectivity index (χ0) is 14.1. The Bertz CT molecular complexity index is 762. The molecule has 0 saturated heterocycles. The van der Waals surface area contributed by atoms with Gasteiger partial charge in [0.15, 0.2) is 11.5 Å². The first-order chi connectivity index (χ1) is 9.65.